The first kappa shape index (κ1) is 28.4. The molecule has 9 aromatic rings. The van der Waals surface area contributed by atoms with Crippen molar-refractivity contribution in [2.75, 3.05) is 0 Å². The molecule has 0 atom stereocenters. The predicted molar refractivity (Wildman–Crippen MR) is 206 cm³/mol. The lowest BCUT2D eigenvalue weighted by Crippen LogP contribution is -2.03. The molecular formula is C45H31N5. The molecule has 3 heterocycles. The van der Waals surface area contributed by atoms with Gasteiger partial charge in [-0.1, -0.05) is 103 Å². The number of benzene rings is 6. The summed E-state index contributed by atoms with van der Waals surface area (Å²) in [5.41, 5.74) is 9.91. The summed E-state index contributed by atoms with van der Waals surface area (Å²) >= 11 is 0. The van der Waals surface area contributed by atoms with Crippen LogP contribution in [0.15, 0.2) is 164 Å². The summed E-state index contributed by atoms with van der Waals surface area (Å²) in [5.74, 6) is 2.04. The van der Waals surface area contributed by atoms with E-state index in [-0.39, 0.29) is 0 Å². The SMILES string of the molecule is C1=CC(c2nc(-c3ccccc3)nc(-c3ccc(-n4c5ccccc5c5cc6c7ccccc7n(-c7ccccc7)c6cc54)cc3)n2)=CCC1. The summed E-state index contributed by atoms with van der Waals surface area (Å²) in [6, 6.07) is 51.6. The lowest BCUT2D eigenvalue weighted by molar-refractivity contribution is 1.01. The standard InChI is InChI=1S/C45H31N5/c1-4-14-30(15-5-1)43-46-44(31-16-6-2-7-17-31)48-45(47-43)32-24-26-34(27-25-32)50-40-23-13-11-21-36(40)38-28-37-35-20-10-12-22-39(35)49(41(37)29-42(38)50)33-18-8-3-9-19-33/h1,3-6,8-29H,2,7H2. The molecule has 1 aliphatic rings. The normalized spacial score (nSPS) is 13.1. The summed E-state index contributed by atoms with van der Waals surface area (Å²) < 4.78 is 4.77. The van der Waals surface area contributed by atoms with Gasteiger partial charge in [-0.05, 0) is 73.5 Å². The predicted octanol–water partition coefficient (Wildman–Crippen LogP) is 11.1. The molecule has 0 radical (unpaired) electrons. The van der Waals surface area contributed by atoms with Crippen LogP contribution < -0.4 is 0 Å². The van der Waals surface area contributed by atoms with Gasteiger partial charge in [0.1, 0.15) is 0 Å². The Morgan fingerprint density at radius 1 is 0.400 bits per heavy atom. The Labute approximate surface area is 289 Å². The summed E-state index contributed by atoms with van der Waals surface area (Å²) in [4.78, 5) is 14.9. The molecule has 0 bridgehead atoms. The summed E-state index contributed by atoms with van der Waals surface area (Å²) in [5, 5.41) is 4.96. The van der Waals surface area contributed by atoms with Gasteiger partial charge in [0.25, 0.3) is 0 Å². The van der Waals surface area contributed by atoms with Crippen LogP contribution in [0.1, 0.15) is 18.7 Å². The van der Waals surface area contributed by atoms with E-state index >= 15 is 0 Å². The molecule has 5 nitrogen and oxygen atoms in total. The number of para-hydroxylation sites is 3. The average Bonchev–Trinajstić information content (AvgIpc) is 3.70. The smallest absolute Gasteiger partial charge is 0.164 e. The van der Waals surface area contributed by atoms with Gasteiger partial charge in [-0.25, -0.2) is 15.0 Å². The third-order valence-electron chi connectivity index (χ3n) is 9.78. The van der Waals surface area contributed by atoms with Crippen LogP contribution in [-0.4, -0.2) is 24.1 Å². The van der Waals surface area contributed by atoms with Crippen molar-refractivity contribution >= 4 is 49.2 Å². The van der Waals surface area contributed by atoms with Crippen LogP contribution in [0.2, 0.25) is 0 Å². The molecule has 0 saturated carbocycles. The van der Waals surface area contributed by atoms with Crippen molar-refractivity contribution in [1.82, 2.24) is 24.1 Å². The second-order valence-electron chi connectivity index (χ2n) is 12.8. The van der Waals surface area contributed by atoms with Crippen molar-refractivity contribution in [2.24, 2.45) is 0 Å². The Hall–Kier alpha value is -6.59. The number of aromatic nitrogens is 5. The molecule has 50 heavy (non-hydrogen) atoms. The maximum Gasteiger partial charge on any atom is 0.164 e. The van der Waals surface area contributed by atoms with E-state index in [0.29, 0.717) is 17.5 Å². The molecule has 0 spiro atoms. The van der Waals surface area contributed by atoms with Gasteiger partial charge in [0.2, 0.25) is 0 Å². The van der Waals surface area contributed by atoms with Crippen molar-refractivity contribution in [3.63, 3.8) is 0 Å². The topological polar surface area (TPSA) is 48.5 Å². The van der Waals surface area contributed by atoms with Crippen LogP contribution in [0, 0.1) is 0 Å². The average molecular weight is 642 g/mol. The Bertz CT molecular complexity index is 2790. The van der Waals surface area contributed by atoms with Crippen molar-refractivity contribution in [2.45, 2.75) is 12.8 Å². The highest BCUT2D eigenvalue weighted by Gasteiger charge is 2.19. The molecule has 10 rings (SSSR count). The van der Waals surface area contributed by atoms with Crippen LogP contribution in [-0.2, 0) is 0 Å². The number of hydrogen-bond acceptors (Lipinski definition) is 3. The second-order valence-corrected chi connectivity index (χ2v) is 12.8. The highest BCUT2D eigenvalue weighted by molar-refractivity contribution is 6.19. The zero-order valence-electron chi connectivity index (χ0n) is 27.2. The number of fused-ring (bicyclic) bond motifs is 6. The lowest BCUT2D eigenvalue weighted by atomic mass is 10.1. The molecule has 5 heteroatoms. The Morgan fingerprint density at radius 2 is 0.920 bits per heavy atom. The molecule has 0 fully saturated rings. The number of allylic oxidation sites excluding steroid dienone is 4. The maximum absolute atomic E-state index is 4.99. The van der Waals surface area contributed by atoms with E-state index in [1.807, 2.05) is 30.3 Å². The first-order valence-corrected chi connectivity index (χ1v) is 17.1. The fraction of sp³-hybridized carbons (Fsp3) is 0.0444. The Kier molecular flexibility index (Phi) is 6.56. The number of hydrogen-bond donors (Lipinski definition) is 0. The van der Waals surface area contributed by atoms with Gasteiger partial charge in [-0.15, -0.1) is 0 Å². The van der Waals surface area contributed by atoms with Crippen LogP contribution in [0.4, 0.5) is 0 Å². The first-order chi connectivity index (χ1) is 24.8. The molecule has 1 aliphatic carbocycles. The molecule has 6 aromatic carbocycles. The zero-order chi connectivity index (χ0) is 33.0. The van der Waals surface area contributed by atoms with Crippen LogP contribution >= 0.6 is 0 Å². The van der Waals surface area contributed by atoms with Crippen LogP contribution in [0.5, 0.6) is 0 Å². The van der Waals surface area contributed by atoms with Gasteiger partial charge in [0, 0.05) is 49.6 Å². The van der Waals surface area contributed by atoms with Gasteiger partial charge < -0.3 is 9.13 Å². The highest BCUT2D eigenvalue weighted by atomic mass is 15.0. The third-order valence-corrected chi connectivity index (χ3v) is 9.78. The van der Waals surface area contributed by atoms with Crippen LogP contribution in [0.3, 0.4) is 0 Å². The van der Waals surface area contributed by atoms with E-state index in [4.69, 9.17) is 15.0 Å². The van der Waals surface area contributed by atoms with E-state index in [2.05, 4.69) is 143 Å². The summed E-state index contributed by atoms with van der Waals surface area (Å²) in [7, 11) is 0. The van der Waals surface area contributed by atoms with Gasteiger partial charge in [0.05, 0.1) is 22.1 Å². The van der Waals surface area contributed by atoms with Gasteiger partial charge >= 0.3 is 0 Å². The third kappa shape index (κ3) is 4.59. The molecule has 0 unspecified atom stereocenters. The molecular weight excluding hydrogens is 611 g/mol. The number of rotatable bonds is 5. The molecule has 0 aliphatic heterocycles. The van der Waals surface area contributed by atoms with Crippen molar-refractivity contribution in [3.05, 3.63) is 170 Å². The van der Waals surface area contributed by atoms with Gasteiger partial charge in [-0.2, -0.15) is 0 Å². The molecule has 236 valence electrons. The lowest BCUT2D eigenvalue weighted by Gasteiger charge is -2.12. The minimum atomic E-state index is 0.664. The quantitative estimate of drug-likeness (QED) is 0.188. The highest BCUT2D eigenvalue weighted by Crippen LogP contribution is 2.39. The Balaban J connectivity index is 1.16. The zero-order valence-corrected chi connectivity index (χ0v) is 27.2. The summed E-state index contributed by atoms with van der Waals surface area (Å²) in [6.07, 6.45) is 8.55. The summed E-state index contributed by atoms with van der Waals surface area (Å²) in [6.45, 7) is 0. The minimum absolute atomic E-state index is 0.664. The van der Waals surface area contributed by atoms with E-state index in [0.717, 1.165) is 46.4 Å². The molecule has 0 N–H and O–H groups in total. The van der Waals surface area contributed by atoms with Crippen LogP contribution in [0.25, 0.3) is 83.3 Å². The van der Waals surface area contributed by atoms with E-state index in [1.165, 1.54) is 38.1 Å². The van der Waals surface area contributed by atoms with Crippen molar-refractivity contribution in [1.29, 1.82) is 0 Å². The van der Waals surface area contributed by atoms with Crippen molar-refractivity contribution in [3.8, 4) is 34.2 Å². The number of nitrogens with zero attached hydrogens (tertiary/aromatic N) is 5. The molecule has 0 saturated heterocycles. The van der Waals surface area contributed by atoms with Gasteiger partial charge in [-0.3, -0.25) is 0 Å². The first-order valence-electron chi connectivity index (χ1n) is 17.1. The van der Waals surface area contributed by atoms with E-state index in [9.17, 15) is 0 Å². The van der Waals surface area contributed by atoms with E-state index in [1.54, 1.807) is 0 Å². The fourth-order valence-corrected chi connectivity index (χ4v) is 7.45. The fourth-order valence-electron chi connectivity index (χ4n) is 7.45. The molecule has 3 aromatic heterocycles. The Morgan fingerprint density at radius 3 is 1.52 bits per heavy atom. The van der Waals surface area contributed by atoms with Gasteiger partial charge in [0.15, 0.2) is 17.5 Å². The van der Waals surface area contributed by atoms with Crippen molar-refractivity contribution < 1.29 is 0 Å². The minimum Gasteiger partial charge on any atom is -0.309 e. The van der Waals surface area contributed by atoms with E-state index < -0.39 is 0 Å². The maximum atomic E-state index is 4.99. The monoisotopic (exact) mass is 641 g/mol. The second kappa shape index (κ2) is 11.5. The molecule has 0 amide bonds. The largest absolute Gasteiger partial charge is 0.309 e.